The number of pyridine rings is 1. The van der Waals surface area contributed by atoms with Gasteiger partial charge in [-0.3, -0.25) is 0 Å². The highest BCUT2D eigenvalue weighted by Gasteiger charge is 2.16. The van der Waals surface area contributed by atoms with Gasteiger partial charge in [-0.2, -0.15) is 4.98 Å². The third kappa shape index (κ3) is 2.98. The van der Waals surface area contributed by atoms with Gasteiger partial charge in [-0.25, -0.2) is 4.98 Å². The van der Waals surface area contributed by atoms with Crippen LogP contribution in [0.5, 0.6) is 0 Å². The smallest absolute Gasteiger partial charge is 0.259 e. The summed E-state index contributed by atoms with van der Waals surface area (Å²) in [5, 5.41) is 4.65. The molecule has 0 radical (unpaired) electrons. The zero-order chi connectivity index (χ0) is 16.4. The summed E-state index contributed by atoms with van der Waals surface area (Å²) in [6.07, 6.45) is 1.76. The maximum absolute atomic E-state index is 6.18. The molecule has 0 spiro atoms. The summed E-state index contributed by atoms with van der Waals surface area (Å²) in [6.45, 7) is 3.08. The molecule has 0 saturated carbocycles. The first-order valence-corrected chi connectivity index (χ1v) is 8.07. The highest BCUT2D eigenvalue weighted by atomic mass is 35.5. The van der Waals surface area contributed by atoms with Gasteiger partial charge < -0.3 is 14.2 Å². The molecule has 0 bridgehead atoms. The Morgan fingerprint density at radius 2 is 1.92 bits per heavy atom. The number of hydrogen-bond donors (Lipinski definition) is 0. The topological polar surface area (TPSA) is 64.3 Å². The van der Waals surface area contributed by atoms with Gasteiger partial charge >= 0.3 is 0 Å². The molecule has 122 valence electrons. The lowest BCUT2D eigenvalue weighted by Crippen LogP contribution is -2.36. The molecule has 3 heterocycles. The van der Waals surface area contributed by atoms with Crippen molar-refractivity contribution in [2.45, 2.75) is 0 Å². The van der Waals surface area contributed by atoms with Gasteiger partial charge in [-0.15, -0.1) is 0 Å². The first-order chi connectivity index (χ1) is 11.8. The van der Waals surface area contributed by atoms with Crippen LogP contribution in [0.1, 0.15) is 0 Å². The summed E-state index contributed by atoms with van der Waals surface area (Å²) >= 11 is 6.18. The van der Waals surface area contributed by atoms with Gasteiger partial charge in [-0.05, 0) is 24.3 Å². The molecule has 0 amide bonds. The van der Waals surface area contributed by atoms with Crippen LogP contribution in [0.25, 0.3) is 22.8 Å². The average Bonchev–Trinajstić information content (AvgIpc) is 3.13. The van der Waals surface area contributed by atoms with Crippen LogP contribution < -0.4 is 4.90 Å². The Kier molecular flexibility index (Phi) is 4.15. The van der Waals surface area contributed by atoms with E-state index in [-0.39, 0.29) is 0 Å². The quantitative estimate of drug-likeness (QED) is 0.727. The van der Waals surface area contributed by atoms with Gasteiger partial charge in [0.2, 0.25) is 5.82 Å². The number of nitrogens with zero attached hydrogens (tertiary/aromatic N) is 4. The number of morpholine rings is 1. The Morgan fingerprint density at radius 3 is 2.75 bits per heavy atom. The minimum Gasteiger partial charge on any atom is -0.378 e. The molecule has 3 aromatic rings. The molecular formula is C17H15ClN4O2. The van der Waals surface area contributed by atoms with Crippen molar-refractivity contribution in [2.75, 3.05) is 31.2 Å². The number of halogens is 1. The number of benzene rings is 1. The fourth-order valence-corrected chi connectivity index (χ4v) is 2.82. The lowest BCUT2D eigenvalue weighted by atomic mass is 10.2. The van der Waals surface area contributed by atoms with E-state index in [1.165, 1.54) is 0 Å². The molecule has 1 aliphatic rings. The Labute approximate surface area is 144 Å². The highest BCUT2D eigenvalue weighted by molar-refractivity contribution is 6.33. The van der Waals surface area contributed by atoms with Crippen LogP contribution >= 0.6 is 11.6 Å². The second-order valence-corrected chi connectivity index (χ2v) is 5.81. The molecule has 1 fully saturated rings. The number of anilines is 1. The number of hydrogen-bond acceptors (Lipinski definition) is 6. The first-order valence-electron chi connectivity index (χ1n) is 7.69. The summed E-state index contributed by atoms with van der Waals surface area (Å²) in [4.78, 5) is 11.1. The van der Waals surface area contributed by atoms with Gasteiger partial charge in [0.15, 0.2) is 0 Å². The molecule has 1 aromatic carbocycles. The van der Waals surface area contributed by atoms with Crippen molar-refractivity contribution >= 4 is 17.4 Å². The summed E-state index contributed by atoms with van der Waals surface area (Å²) in [6, 6.07) is 11.2. The van der Waals surface area contributed by atoms with Crippen molar-refractivity contribution in [1.29, 1.82) is 0 Å². The third-order valence-corrected chi connectivity index (χ3v) is 4.20. The molecule has 0 aliphatic carbocycles. The van der Waals surface area contributed by atoms with E-state index in [1.807, 2.05) is 30.3 Å². The fraction of sp³-hybridized carbons (Fsp3) is 0.235. The molecule has 24 heavy (non-hydrogen) atoms. The SMILES string of the molecule is Clc1ccccc1-c1nc(-c2ccnc(N3CCOCC3)c2)no1. The Morgan fingerprint density at radius 1 is 1.08 bits per heavy atom. The predicted octanol–water partition coefficient (Wildman–Crippen LogP) is 3.29. The third-order valence-electron chi connectivity index (χ3n) is 3.87. The summed E-state index contributed by atoms with van der Waals surface area (Å²) < 4.78 is 10.7. The van der Waals surface area contributed by atoms with Crippen molar-refractivity contribution in [3.05, 3.63) is 47.6 Å². The summed E-state index contributed by atoms with van der Waals surface area (Å²) in [7, 11) is 0. The average molecular weight is 343 g/mol. The van der Waals surface area contributed by atoms with Gasteiger partial charge in [0.1, 0.15) is 5.82 Å². The van der Waals surface area contributed by atoms with Crippen LogP contribution in [0, 0.1) is 0 Å². The van der Waals surface area contributed by atoms with Gasteiger partial charge in [0.05, 0.1) is 23.8 Å². The van der Waals surface area contributed by atoms with E-state index in [2.05, 4.69) is 20.0 Å². The van der Waals surface area contributed by atoms with E-state index >= 15 is 0 Å². The zero-order valence-electron chi connectivity index (χ0n) is 12.9. The van der Waals surface area contributed by atoms with E-state index in [0.717, 1.165) is 30.0 Å². The van der Waals surface area contributed by atoms with Crippen molar-refractivity contribution < 1.29 is 9.26 Å². The second-order valence-electron chi connectivity index (χ2n) is 5.41. The molecule has 0 unspecified atom stereocenters. The molecule has 1 aliphatic heterocycles. The maximum atomic E-state index is 6.18. The molecular weight excluding hydrogens is 328 g/mol. The highest BCUT2D eigenvalue weighted by Crippen LogP contribution is 2.28. The Balaban J connectivity index is 1.64. The minimum absolute atomic E-state index is 0.403. The molecule has 7 heteroatoms. The van der Waals surface area contributed by atoms with Crippen LogP contribution in [0.15, 0.2) is 47.1 Å². The number of rotatable bonds is 3. The van der Waals surface area contributed by atoms with Crippen LogP contribution in [-0.4, -0.2) is 41.4 Å². The van der Waals surface area contributed by atoms with Gasteiger partial charge in [0, 0.05) is 24.8 Å². The minimum atomic E-state index is 0.403. The number of aromatic nitrogens is 3. The van der Waals surface area contributed by atoms with E-state index in [0.29, 0.717) is 30.0 Å². The molecule has 4 rings (SSSR count). The van der Waals surface area contributed by atoms with Crippen molar-refractivity contribution in [3.63, 3.8) is 0 Å². The molecule has 6 nitrogen and oxygen atoms in total. The van der Waals surface area contributed by atoms with Gasteiger partial charge in [0.25, 0.3) is 5.89 Å². The van der Waals surface area contributed by atoms with Gasteiger partial charge in [-0.1, -0.05) is 28.9 Å². The lowest BCUT2D eigenvalue weighted by Gasteiger charge is -2.27. The lowest BCUT2D eigenvalue weighted by molar-refractivity contribution is 0.122. The van der Waals surface area contributed by atoms with E-state index in [9.17, 15) is 0 Å². The van der Waals surface area contributed by atoms with Crippen molar-refractivity contribution in [1.82, 2.24) is 15.1 Å². The van der Waals surface area contributed by atoms with E-state index in [1.54, 1.807) is 12.3 Å². The maximum Gasteiger partial charge on any atom is 0.259 e. The normalized spacial score (nSPS) is 14.8. The monoisotopic (exact) mass is 342 g/mol. The largest absolute Gasteiger partial charge is 0.378 e. The molecule has 1 saturated heterocycles. The van der Waals surface area contributed by atoms with Crippen LogP contribution in [0.3, 0.4) is 0 Å². The molecule has 0 atom stereocenters. The number of ether oxygens (including phenoxy) is 1. The zero-order valence-corrected chi connectivity index (χ0v) is 13.6. The Hall–Kier alpha value is -2.44. The molecule has 2 aromatic heterocycles. The van der Waals surface area contributed by atoms with Crippen molar-refractivity contribution in [3.8, 4) is 22.8 Å². The van der Waals surface area contributed by atoms with Crippen LogP contribution in [0.4, 0.5) is 5.82 Å². The van der Waals surface area contributed by atoms with E-state index < -0.39 is 0 Å². The summed E-state index contributed by atoms with van der Waals surface area (Å²) in [5.74, 6) is 1.81. The first kappa shape index (κ1) is 15.1. The standard InChI is InChI=1S/C17H15ClN4O2/c18-14-4-2-1-3-13(14)17-20-16(21-24-17)12-5-6-19-15(11-12)22-7-9-23-10-8-22/h1-6,11H,7-10H2. The fourth-order valence-electron chi connectivity index (χ4n) is 2.61. The Bertz CT molecular complexity index is 846. The predicted molar refractivity (Wildman–Crippen MR) is 91.0 cm³/mol. The van der Waals surface area contributed by atoms with Crippen molar-refractivity contribution in [2.24, 2.45) is 0 Å². The second kappa shape index (κ2) is 6.59. The van der Waals surface area contributed by atoms with Crippen LogP contribution in [0.2, 0.25) is 5.02 Å². The summed E-state index contributed by atoms with van der Waals surface area (Å²) in [5.41, 5.74) is 1.58. The van der Waals surface area contributed by atoms with E-state index in [4.69, 9.17) is 20.9 Å². The van der Waals surface area contributed by atoms with Crippen LogP contribution in [-0.2, 0) is 4.74 Å². The molecule has 0 N–H and O–H groups in total.